The van der Waals surface area contributed by atoms with E-state index in [0.717, 1.165) is 6.54 Å². The Hall–Kier alpha value is -0.120. The quantitative estimate of drug-likeness (QED) is 0.555. The van der Waals surface area contributed by atoms with Crippen LogP contribution in [0.2, 0.25) is 0 Å². The molecule has 0 radical (unpaired) electrons. The number of rotatable bonds is 0. The minimum absolute atomic E-state index is 0.255. The van der Waals surface area contributed by atoms with Crippen molar-refractivity contribution < 1.29 is 9.47 Å². The summed E-state index contributed by atoms with van der Waals surface area (Å²) in [6, 6.07) is 0.432. The second-order valence-corrected chi connectivity index (χ2v) is 3.84. The van der Waals surface area contributed by atoms with Crippen LogP contribution in [0.1, 0.15) is 20.8 Å². The molecule has 2 saturated heterocycles. The molecule has 3 heteroatoms. The normalized spacial score (nSPS) is 47.7. The van der Waals surface area contributed by atoms with Gasteiger partial charge in [-0.1, -0.05) is 0 Å². The molecule has 2 fully saturated rings. The molecule has 2 heterocycles. The van der Waals surface area contributed by atoms with E-state index in [1.165, 1.54) is 0 Å². The molecule has 0 aromatic heterocycles. The van der Waals surface area contributed by atoms with E-state index in [4.69, 9.17) is 9.47 Å². The lowest BCUT2D eigenvalue weighted by molar-refractivity contribution is -0.152. The standard InChI is InChI=1S/C8H15NO2/c1-5-7-6(4-9-5)10-8(2,3)11-7/h5-7,9H,4H2,1-3H3/t5-,6-,7+/m0/s1. The van der Waals surface area contributed by atoms with Crippen molar-refractivity contribution >= 4 is 0 Å². The topological polar surface area (TPSA) is 30.5 Å². The van der Waals surface area contributed by atoms with E-state index in [2.05, 4.69) is 12.2 Å². The van der Waals surface area contributed by atoms with Gasteiger partial charge in [-0.3, -0.25) is 0 Å². The van der Waals surface area contributed by atoms with E-state index < -0.39 is 0 Å². The Balaban J connectivity index is 2.10. The van der Waals surface area contributed by atoms with Crippen LogP contribution < -0.4 is 5.32 Å². The third-order valence-corrected chi connectivity index (χ3v) is 2.36. The largest absolute Gasteiger partial charge is 0.343 e. The molecule has 3 atom stereocenters. The maximum absolute atomic E-state index is 5.70. The SMILES string of the molecule is C[C@@H]1NC[C@@H]2OC(C)(C)O[C@H]12. The van der Waals surface area contributed by atoms with E-state index in [1.807, 2.05) is 13.8 Å². The van der Waals surface area contributed by atoms with Crippen LogP contribution in [0.3, 0.4) is 0 Å². The van der Waals surface area contributed by atoms with Crippen LogP contribution in [0.15, 0.2) is 0 Å². The molecule has 0 bridgehead atoms. The summed E-state index contributed by atoms with van der Waals surface area (Å²) >= 11 is 0. The number of hydrogen-bond acceptors (Lipinski definition) is 3. The van der Waals surface area contributed by atoms with E-state index in [9.17, 15) is 0 Å². The van der Waals surface area contributed by atoms with Gasteiger partial charge in [0.2, 0.25) is 0 Å². The first kappa shape index (κ1) is 7.53. The monoisotopic (exact) mass is 157 g/mol. The molecule has 11 heavy (non-hydrogen) atoms. The van der Waals surface area contributed by atoms with Gasteiger partial charge < -0.3 is 14.8 Å². The molecule has 0 unspecified atom stereocenters. The molecule has 0 aromatic rings. The van der Waals surface area contributed by atoms with Crippen LogP contribution in [0, 0.1) is 0 Å². The summed E-state index contributed by atoms with van der Waals surface area (Å²) in [4.78, 5) is 0. The lowest BCUT2D eigenvalue weighted by Crippen LogP contribution is -2.32. The summed E-state index contributed by atoms with van der Waals surface area (Å²) in [5.41, 5.74) is 0. The zero-order chi connectivity index (χ0) is 8.06. The molecule has 2 rings (SSSR count). The van der Waals surface area contributed by atoms with Gasteiger partial charge in [0.05, 0.1) is 0 Å². The first-order valence-corrected chi connectivity index (χ1v) is 4.17. The van der Waals surface area contributed by atoms with Crippen LogP contribution in [0.25, 0.3) is 0 Å². The Morgan fingerprint density at radius 3 is 2.73 bits per heavy atom. The van der Waals surface area contributed by atoms with E-state index in [-0.39, 0.29) is 18.0 Å². The van der Waals surface area contributed by atoms with Crippen LogP contribution >= 0.6 is 0 Å². The molecule has 2 aliphatic rings. The van der Waals surface area contributed by atoms with Gasteiger partial charge in [0.1, 0.15) is 12.2 Å². The number of fused-ring (bicyclic) bond motifs is 1. The van der Waals surface area contributed by atoms with Crippen molar-refractivity contribution in [3.63, 3.8) is 0 Å². The Bertz CT molecular complexity index is 169. The smallest absolute Gasteiger partial charge is 0.163 e. The minimum atomic E-state index is -0.369. The Labute approximate surface area is 67.1 Å². The summed E-state index contributed by atoms with van der Waals surface area (Å²) in [7, 11) is 0. The molecule has 64 valence electrons. The van der Waals surface area contributed by atoms with Crippen molar-refractivity contribution in [3.05, 3.63) is 0 Å². The van der Waals surface area contributed by atoms with Crippen molar-refractivity contribution in [3.8, 4) is 0 Å². The van der Waals surface area contributed by atoms with Crippen LogP contribution in [-0.2, 0) is 9.47 Å². The molecular formula is C8H15NO2. The van der Waals surface area contributed by atoms with Crippen LogP contribution in [-0.4, -0.2) is 30.6 Å². The predicted octanol–water partition coefficient (Wildman–Crippen LogP) is 0.498. The summed E-state index contributed by atoms with van der Waals surface area (Å²) < 4.78 is 11.4. The fourth-order valence-electron chi connectivity index (χ4n) is 1.86. The lowest BCUT2D eigenvalue weighted by Gasteiger charge is -2.20. The molecule has 0 amide bonds. The van der Waals surface area contributed by atoms with E-state index in [0.29, 0.717) is 6.04 Å². The molecule has 0 aliphatic carbocycles. The lowest BCUT2D eigenvalue weighted by atomic mass is 10.2. The highest BCUT2D eigenvalue weighted by atomic mass is 16.8. The fourth-order valence-corrected chi connectivity index (χ4v) is 1.86. The zero-order valence-corrected chi connectivity index (χ0v) is 7.26. The second kappa shape index (κ2) is 2.19. The average Bonchev–Trinajstić information content (AvgIpc) is 2.31. The fraction of sp³-hybridized carbons (Fsp3) is 1.00. The Morgan fingerprint density at radius 1 is 1.36 bits per heavy atom. The van der Waals surface area contributed by atoms with E-state index in [1.54, 1.807) is 0 Å². The van der Waals surface area contributed by atoms with Gasteiger partial charge in [-0.15, -0.1) is 0 Å². The first-order chi connectivity index (χ1) is 5.08. The molecule has 3 nitrogen and oxygen atoms in total. The molecular weight excluding hydrogens is 142 g/mol. The molecule has 1 N–H and O–H groups in total. The summed E-state index contributed by atoms with van der Waals surface area (Å²) in [5, 5.41) is 3.31. The summed E-state index contributed by atoms with van der Waals surface area (Å²) in [6.07, 6.45) is 0.519. The molecule has 0 saturated carbocycles. The third-order valence-electron chi connectivity index (χ3n) is 2.36. The van der Waals surface area contributed by atoms with E-state index >= 15 is 0 Å². The summed E-state index contributed by atoms with van der Waals surface area (Å²) in [6.45, 7) is 7.00. The van der Waals surface area contributed by atoms with Gasteiger partial charge >= 0.3 is 0 Å². The van der Waals surface area contributed by atoms with Gasteiger partial charge in [0.15, 0.2) is 5.79 Å². The van der Waals surface area contributed by atoms with Crippen LogP contribution in [0.5, 0.6) is 0 Å². The van der Waals surface area contributed by atoms with Crippen molar-refractivity contribution in [2.75, 3.05) is 6.54 Å². The van der Waals surface area contributed by atoms with Gasteiger partial charge in [-0.25, -0.2) is 0 Å². The van der Waals surface area contributed by atoms with Crippen molar-refractivity contribution in [2.45, 2.75) is 44.8 Å². The summed E-state index contributed by atoms with van der Waals surface area (Å²) in [5.74, 6) is -0.369. The highest BCUT2D eigenvalue weighted by Gasteiger charge is 2.47. The minimum Gasteiger partial charge on any atom is -0.343 e. The van der Waals surface area contributed by atoms with Crippen LogP contribution in [0.4, 0.5) is 0 Å². The third kappa shape index (κ3) is 1.17. The zero-order valence-electron chi connectivity index (χ0n) is 7.26. The van der Waals surface area contributed by atoms with Gasteiger partial charge in [-0.2, -0.15) is 0 Å². The van der Waals surface area contributed by atoms with Crippen molar-refractivity contribution in [1.82, 2.24) is 5.32 Å². The molecule has 0 spiro atoms. The van der Waals surface area contributed by atoms with Gasteiger partial charge in [0, 0.05) is 12.6 Å². The number of hydrogen-bond donors (Lipinski definition) is 1. The predicted molar refractivity (Wildman–Crippen MR) is 41.3 cm³/mol. The molecule has 2 aliphatic heterocycles. The maximum atomic E-state index is 5.70. The first-order valence-electron chi connectivity index (χ1n) is 4.17. The Morgan fingerprint density at radius 2 is 2.09 bits per heavy atom. The Kier molecular flexibility index (Phi) is 1.50. The van der Waals surface area contributed by atoms with Crippen molar-refractivity contribution in [1.29, 1.82) is 0 Å². The number of nitrogens with one attached hydrogen (secondary N) is 1. The average molecular weight is 157 g/mol. The van der Waals surface area contributed by atoms with Gasteiger partial charge in [-0.05, 0) is 20.8 Å². The number of ether oxygens (including phenoxy) is 2. The second-order valence-electron chi connectivity index (χ2n) is 3.84. The maximum Gasteiger partial charge on any atom is 0.163 e. The molecule has 0 aromatic carbocycles. The van der Waals surface area contributed by atoms with Crippen molar-refractivity contribution in [2.24, 2.45) is 0 Å². The van der Waals surface area contributed by atoms with Gasteiger partial charge in [0.25, 0.3) is 0 Å². The highest BCUT2D eigenvalue weighted by molar-refractivity contribution is 4.95. The highest BCUT2D eigenvalue weighted by Crippen LogP contribution is 2.32.